The number of carboxylic acid groups (broad SMARTS) is 1. The van der Waals surface area contributed by atoms with Crippen molar-refractivity contribution in [1.82, 2.24) is 4.90 Å². The van der Waals surface area contributed by atoms with Crippen LogP contribution in [0.2, 0.25) is 0 Å². The molecule has 0 spiro atoms. The predicted octanol–water partition coefficient (Wildman–Crippen LogP) is 1.35. The number of hydrogen-bond donors (Lipinski definition) is 1. The van der Waals surface area contributed by atoms with E-state index in [-0.39, 0.29) is 6.61 Å². The Morgan fingerprint density at radius 2 is 2.12 bits per heavy atom. The number of carboxylic acids is 1. The number of rotatable bonds is 3. The second-order valence-corrected chi connectivity index (χ2v) is 4.06. The summed E-state index contributed by atoms with van der Waals surface area (Å²) in [5.41, 5.74) is -2.28. The highest BCUT2D eigenvalue weighted by Gasteiger charge is 2.63. The number of amides is 1. The molecule has 1 atom stereocenters. The molecule has 1 aliphatic heterocycles. The van der Waals surface area contributed by atoms with Crippen molar-refractivity contribution >= 4 is 12.1 Å². The summed E-state index contributed by atoms with van der Waals surface area (Å²) in [6.45, 7) is 2.58. The normalized spacial score (nSPS) is 26.6. The van der Waals surface area contributed by atoms with Gasteiger partial charge in [-0.15, -0.1) is 0 Å². The molecule has 0 aromatic rings. The summed E-state index contributed by atoms with van der Waals surface area (Å²) >= 11 is 0. The minimum atomic E-state index is -3.48. The molecule has 0 aromatic carbocycles. The third-order valence-corrected chi connectivity index (χ3v) is 2.76. The average Bonchev–Trinajstić information content (AvgIpc) is 2.48. The van der Waals surface area contributed by atoms with Crippen LogP contribution in [0.25, 0.3) is 0 Å². The molecule has 5 nitrogen and oxygen atoms in total. The van der Waals surface area contributed by atoms with Gasteiger partial charge in [-0.1, -0.05) is 12.7 Å². The standard InChI is InChI=1S/C10H13F2NO4/c1-3-4-17-8(16)13-5-9(2,7(14)15)10(11,12)6-13/h3H,1,4-6H2,2H3,(H,14,15). The van der Waals surface area contributed by atoms with Crippen LogP contribution in [0.15, 0.2) is 12.7 Å². The van der Waals surface area contributed by atoms with E-state index in [2.05, 4.69) is 11.3 Å². The Kier molecular flexibility index (Phi) is 3.40. The number of alkyl halides is 2. The summed E-state index contributed by atoms with van der Waals surface area (Å²) in [6.07, 6.45) is 0.331. The Morgan fingerprint density at radius 3 is 2.53 bits per heavy atom. The fourth-order valence-corrected chi connectivity index (χ4v) is 1.54. The number of hydrogen-bond acceptors (Lipinski definition) is 3. The van der Waals surface area contributed by atoms with E-state index in [4.69, 9.17) is 5.11 Å². The first kappa shape index (κ1) is 13.4. The molecule has 0 radical (unpaired) electrons. The lowest BCUT2D eigenvalue weighted by molar-refractivity contribution is -0.165. The van der Waals surface area contributed by atoms with Gasteiger partial charge in [0.05, 0.1) is 6.54 Å². The van der Waals surface area contributed by atoms with Gasteiger partial charge in [-0.2, -0.15) is 0 Å². The van der Waals surface area contributed by atoms with E-state index in [9.17, 15) is 18.4 Å². The van der Waals surface area contributed by atoms with Crippen LogP contribution in [0.5, 0.6) is 0 Å². The number of nitrogens with zero attached hydrogens (tertiary/aromatic N) is 1. The van der Waals surface area contributed by atoms with E-state index >= 15 is 0 Å². The van der Waals surface area contributed by atoms with Crippen molar-refractivity contribution in [2.45, 2.75) is 12.8 Å². The summed E-state index contributed by atoms with van der Waals surface area (Å²) in [7, 11) is 0. The molecule has 0 saturated carbocycles. The largest absolute Gasteiger partial charge is 0.481 e. The zero-order valence-corrected chi connectivity index (χ0v) is 9.28. The third-order valence-electron chi connectivity index (χ3n) is 2.76. The lowest BCUT2D eigenvalue weighted by Gasteiger charge is -2.24. The van der Waals surface area contributed by atoms with Crippen molar-refractivity contribution in [3.05, 3.63) is 12.7 Å². The highest BCUT2D eigenvalue weighted by molar-refractivity contribution is 5.79. The first-order valence-electron chi connectivity index (χ1n) is 4.88. The van der Waals surface area contributed by atoms with Gasteiger partial charge in [-0.25, -0.2) is 13.6 Å². The zero-order valence-electron chi connectivity index (χ0n) is 9.28. The summed E-state index contributed by atoms with van der Waals surface area (Å²) in [5, 5.41) is 8.81. The van der Waals surface area contributed by atoms with Crippen molar-refractivity contribution in [3.63, 3.8) is 0 Å². The van der Waals surface area contributed by atoms with Crippen LogP contribution in [0.3, 0.4) is 0 Å². The van der Waals surface area contributed by atoms with Gasteiger partial charge in [-0.05, 0) is 6.92 Å². The minimum Gasteiger partial charge on any atom is -0.481 e. The van der Waals surface area contributed by atoms with E-state index in [1.165, 1.54) is 6.08 Å². The molecular formula is C10H13F2NO4. The lowest BCUT2D eigenvalue weighted by atomic mass is 9.86. The first-order chi connectivity index (χ1) is 7.74. The van der Waals surface area contributed by atoms with E-state index < -0.39 is 36.5 Å². The Hall–Kier alpha value is -1.66. The monoisotopic (exact) mass is 249 g/mol. The third kappa shape index (κ3) is 2.22. The Labute approximate surface area is 96.7 Å². The van der Waals surface area contributed by atoms with E-state index in [1.54, 1.807) is 0 Å². The maximum atomic E-state index is 13.5. The maximum absolute atomic E-state index is 13.5. The van der Waals surface area contributed by atoms with Crippen LogP contribution in [-0.2, 0) is 9.53 Å². The number of likely N-dealkylation sites (tertiary alicyclic amines) is 1. The quantitative estimate of drug-likeness (QED) is 0.767. The minimum absolute atomic E-state index is 0.106. The molecule has 96 valence electrons. The Bertz CT molecular complexity index is 358. The van der Waals surface area contributed by atoms with Crippen LogP contribution in [0.4, 0.5) is 13.6 Å². The Morgan fingerprint density at radius 1 is 1.53 bits per heavy atom. The van der Waals surface area contributed by atoms with Gasteiger partial charge in [0.1, 0.15) is 12.0 Å². The van der Waals surface area contributed by atoms with Crippen LogP contribution in [-0.4, -0.2) is 47.7 Å². The lowest BCUT2D eigenvalue weighted by Crippen LogP contribution is -2.44. The Balaban J connectivity index is 2.81. The van der Waals surface area contributed by atoms with Gasteiger partial charge in [0, 0.05) is 6.54 Å². The molecule has 1 saturated heterocycles. The fourth-order valence-electron chi connectivity index (χ4n) is 1.54. The first-order valence-corrected chi connectivity index (χ1v) is 4.88. The van der Waals surface area contributed by atoms with E-state index in [0.29, 0.717) is 4.90 Å². The number of halogens is 2. The van der Waals surface area contributed by atoms with Crippen molar-refractivity contribution < 1.29 is 28.2 Å². The highest BCUT2D eigenvalue weighted by Crippen LogP contribution is 2.43. The fraction of sp³-hybridized carbons (Fsp3) is 0.600. The molecule has 1 heterocycles. The average molecular weight is 249 g/mol. The second-order valence-electron chi connectivity index (χ2n) is 4.06. The van der Waals surface area contributed by atoms with Gasteiger partial charge < -0.3 is 14.7 Å². The molecule has 1 fully saturated rings. The number of carbonyl (C=O) groups excluding carboxylic acids is 1. The van der Waals surface area contributed by atoms with Crippen molar-refractivity contribution in [2.75, 3.05) is 19.7 Å². The summed E-state index contributed by atoms with van der Waals surface area (Å²) in [6, 6.07) is 0. The highest BCUT2D eigenvalue weighted by atomic mass is 19.3. The molecule has 1 aliphatic rings. The molecule has 1 N–H and O–H groups in total. The number of ether oxygens (including phenoxy) is 1. The molecule has 7 heteroatoms. The summed E-state index contributed by atoms with van der Waals surface area (Å²) < 4.78 is 31.6. The SMILES string of the molecule is C=CCOC(=O)N1CC(F)(F)C(C)(C(=O)O)C1. The molecule has 1 amide bonds. The molecular weight excluding hydrogens is 236 g/mol. The molecule has 1 rings (SSSR count). The van der Waals surface area contributed by atoms with Gasteiger partial charge in [0.25, 0.3) is 5.92 Å². The molecule has 0 aromatic heterocycles. The van der Waals surface area contributed by atoms with E-state index in [1.807, 2.05) is 0 Å². The molecule has 0 bridgehead atoms. The topological polar surface area (TPSA) is 66.8 Å². The molecule has 0 aliphatic carbocycles. The van der Waals surface area contributed by atoms with Crippen LogP contribution in [0.1, 0.15) is 6.92 Å². The number of aliphatic carboxylic acids is 1. The van der Waals surface area contributed by atoms with Crippen molar-refractivity contribution in [2.24, 2.45) is 5.41 Å². The smallest absolute Gasteiger partial charge is 0.410 e. The van der Waals surface area contributed by atoms with Crippen LogP contribution >= 0.6 is 0 Å². The maximum Gasteiger partial charge on any atom is 0.410 e. The van der Waals surface area contributed by atoms with E-state index in [0.717, 1.165) is 6.92 Å². The van der Waals surface area contributed by atoms with Gasteiger partial charge in [0.2, 0.25) is 0 Å². The van der Waals surface area contributed by atoms with Crippen molar-refractivity contribution in [1.29, 1.82) is 0 Å². The molecule has 1 unspecified atom stereocenters. The van der Waals surface area contributed by atoms with Crippen molar-refractivity contribution in [3.8, 4) is 0 Å². The zero-order chi connectivity index (χ0) is 13.3. The number of carbonyl (C=O) groups is 2. The summed E-state index contributed by atoms with van der Waals surface area (Å²) in [5.74, 6) is -5.12. The molecule has 17 heavy (non-hydrogen) atoms. The van der Waals surface area contributed by atoms with Gasteiger partial charge in [-0.3, -0.25) is 4.79 Å². The van der Waals surface area contributed by atoms with Crippen LogP contribution < -0.4 is 0 Å². The van der Waals surface area contributed by atoms with Gasteiger partial charge >= 0.3 is 12.1 Å². The second kappa shape index (κ2) is 4.31. The predicted molar refractivity (Wildman–Crippen MR) is 53.8 cm³/mol. The van der Waals surface area contributed by atoms with Gasteiger partial charge in [0.15, 0.2) is 0 Å². The summed E-state index contributed by atoms with van der Waals surface area (Å²) in [4.78, 5) is 22.9. The van der Waals surface area contributed by atoms with Crippen LogP contribution in [0, 0.1) is 5.41 Å².